The first-order valence-electron chi connectivity index (χ1n) is 13.5. The van der Waals surface area contributed by atoms with Crippen LogP contribution in [0.15, 0.2) is 94.3 Å². The minimum absolute atomic E-state index is 0.0303. The van der Waals surface area contributed by atoms with Crippen molar-refractivity contribution in [1.82, 2.24) is 20.2 Å². The second-order valence-electron chi connectivity index (χ2n) is 9.86. The van der Waals surface area contributed by atoms with E-state index < -0.39 is 26.7 Å². The summed E-state index contributed by atoms with van der Waals surface area (Å²) in [6.45, 7) is -0.277. The fourth-order valence-corrected chi connectivity index (χ4v) is 7.22. The molecule has 5 rings (SSSR count). The van der Waals surface area contributed by atoms with Crippen LogP contribution < -0.4 is 18.5 Å². The van der Waals surface area contributed by atoms with E-state index in [1.807, 2.05) is 0 Å². The number of benzene rings is 4. The van der Waals surface area contributed by atoms with Crippen molar-refractivity contribution in [3.63, 3.8) is 0 Å². The molecule has 0 saturated heterocycles. The lowest BCUT2D eigenvalue weighted by molar-refractivity contribution is -0.139. The van der Waals surface area contributed by atoms with Gasteiger partial charge in [0.2, 0.25) is 0 Å². The standard InChI is InChI=1S/C31H27BrF3N5O5S/c1-43-23-10-4-20(5-11-23)18-39-30(36-37-38-39)28-27(32)17-16-26(31(33,34)35)29(28)46(41,42)40(22-8-14-25(45-3)15-9-22)19-21-6-12-24(44-2)13-7-21/h4-17H,18-19H2,1-3H3. The molecule has 5 aromatic rings. The quantitative estimate of drug-likeness (QED) is 0.151. The van der Waals surface area contributed by atoms with Crippen LogP contribution in [0.4, 0.5) is 18.9 Å². The zero-order valence-corrected chi connectivity index (χ0v) is 27.1. The Morgan fingerprint density at radius 3 is 1.83 bits per heavy atom. The molecular formula is C31H27BrF3N5O5S. The van der Waals surface area contributed by atoms with E-state index >= 15 is 0 Å². The fourth-order valence-electron chi connectivity index (χ4n) is 4.72. The molecule has 4 aromatic carbocycles. The van der Waals surface area contributed by atoms with E-state index in [9.17, 15) is 21.6 Å². The van der Waals surface area contributed by atoms with Gasteiger partial charge in [0.1, 0.15) is 22.1 Å². The molecule has 0 unspecified atom stereocenters. The van der Waals surface area contributed by atoms with Crippen molar-refractivity contribution < 1.29 is 35.8 Å². The number of halogens is 4. The number of sulfonamides is 1. The highest BCUT2D eigenvalue weighted by molar-refractivity contribution is 9.10. The summed E-state index contributed by atoms with van der Waals surface area (Å²) >= 11 is 3.30. The lowest BCUT2D eigenvalue weighted by atomic mass is 10.1. The number of hydrogen-bond donors (Lipinski definition) is 0. The van der Waals surface area contributed by atoms with E-state index in [-0.39, 0.29) is 34.6 Å². The predicted molar refractivity (Wildman–Crippen MR) is 167 cm³/mol. The minimum atomic E-state index is -5.06. The molecule has 0 aliphatic rings. The Bertz CT molecular complexity index is 1920. The summed E-state index contributed by atoms with van der Waals surface area (Å²) < 4.78 is 91.5. The van der Waals surface area contributed by atoms with Gasteiger partial charge in [-0.3, -0.25) is 4.31 Å². The molecule has 10 nitrogen and oxygen atoms in total. The molecule has 1 aromatic heterocycles. The van der Waals surface area contributed by atoms with Crippen LogP contribution in [0.5, 0.6) is 17.2 Å². The van der Waals surface area contributed by atoms with Crippen molar-refractivity contribution in [1.29, 1.82) is 0 Å². The second kappa shape index (κ2) is 13.4. The smallest absolute Gasteiger partial charge is 0.417 e. The van der Waals surface area contributed by atoms with Crippen molar-refractivity contribution >= 4 is 31.6 Å². The van der Waals surface area contributed by atoms with Gasteiger partial charge in [-0.25, -0.2) is 13.1 Å². The Morgan fingerprint density at radius 1 is 0.783 bits per heavy atom. The van der Waals surface area contributed by atoms with Crippen LogP contribution in [0, 0.1) is 0 Å². The molecule has 0 radical (unpaired) electrons. The third kappa shape index (κ3) is 6.79. The molecule has 0 saturated carbocycles. The van der Waals surface area contributed by atoms with Gasteiger partial charge in [-0.2, -0.15) is 13.2 Å². The Balaban J connectivity index is 1.72. The molecule has 1 heterocycles. The SMILES string of the molecule is COc1ccc(CN(c2ccc(OC)cc2)S(=O)(=O)c2c(C(F)(F)F)ccc(Br)c2-c2nnnn2Cc2ccc(OC)cc2)cc1. The molecule has 0 fully saturated rings. The molecule has 0 atom stereocenters. The van der Waals surface area contributed by atoms with Crippen LogP contribution in [0.1, 0.15) is 16.7 Å². The van der Waals surface area contributed by atoms with Crippen LogP contribution in [0.2, 0.25) is 0 Å². The molecule has 0 N–H and O–H groups in total. The van der Waals surface area contributed by atoms with Crippen LogP contribution in [0.25, 0.3) is 11.4 Å². The third-order valence-corrected chi connectivity index (χ3v) is 9.57. The van der Waals surface area contributed by atoms with E-state index in [1.54, 1.807) is 48.5 Å². The van der Waals surface area contributed by atoms with E-state index in [1.165, 1.54) is 50.3 Å². The van der Waals surface area contributed by atoms with Crippen LogP contribution in [0.3, 0.4) is 0 Å². The molecule has 0 spiro atoms. The van der Waals surface area contributed by atoms with E-state index in [0.717, 1.165) is 16.4 Å². The Labute approximate surface area is 271 Å². The Morgan fingerprint density at radius 2 is 1.30 bits per heavy atom. The highest BCUT2D eigenvalue weighted by Gasteiger charge is 2.43. The minimum Gasteiger partial charge on any atom is -0.497 e. The zero-order chi connectivity index (χ0) is 33.1. The first-order valence-corrected chi connectivity index (χ1v) is 15.8. The summed E-state index contributed by atoms with van der Waals surface area (Å²) in [4.78, 5) is -1.01. The number of hydrogen-bond acceptors (Lipinski definition) is 8. The van der Waals surface area contributed by atoms with Gasteiger partial charge >= 0.3 is 6.18 Å². The maximum Gasteiger partial charge on any atom is 0.417 e. The van der Waals surface area contributed by atoms with E-state index in [0.29, 0.717) is 28.4 Å². The largest absolute Gasteiger partial charge is 0.497 e. The highest BCUT2D eigenvalue weighted by atomic mass is 79.9. The molecule has 0 aliphatic heterocycles. The molecule has 0 bridgehead atoms. The normalized spacial score (nSPS) is 11.7. The lowest BCUT2D eigenvalue weighted by Gasteiger charge is -2.28. The summed E-state index contributed by atoms with van der Waals surface area (Å²) in [5.74, 6) is 1.37. The van der Waals surface area contributed by atoms with Crippen molar-refractivity contribution in [3.8, 4) is 28.6 Å². The molecule has 15 heteroatoms. The van der Waals surface area contributed by atoms with Crippen LogP contribution in [-0.4, -0.2) is 50.0 Å². The topological polar surface area (TPSA) is 109 Å². The van der Waals surface area contributed by atoms with Gasteiger partial charge in [-0.1, -0.05) is 24.3 Å². The third-order valence-electron chi connectivity index (χ3n) is 7.05. The summed E-state index contributed by atoms with van der Waals surface area (Å²) in [6, 6.07) is 21.2. The van der Waals surface area contributed by atoms with Gasteiger partial charge in [0, 0.05) is 4.47 Å². The molecular weight excluding hydrogens is 691 g/mol. The summed E-state index contributed by atoms with van der Waals surface area (Å²) in [5.41, 5.74) is -0.427. The van der Waals surface area contributed by atoms with Crippen molar-refractivity contribution in [2.75, 3.05) is 25.6 Å². The van der Waals surface area contributed by atoms with Crippen molar-refractivity contribution in [2.45, 2.75) is 24.2 Å². The number of rotatable bonds is 11. The van der Waals surface area contributed by atoms with Gasteiger partial charge < -0.3 is 14.2 Å². The average Bonchev–Trinajstić information content (AvgIpc) is 3.51. The monoisotopic (exact) mass is 717 g/mol. The van der Waals surface area contributed by atoms with Gasteiger partial charge in [0.05, 0.1) is 51.2 Å². The average molecular weight is 719 g/mol. The predicted octanol–water partition coefficient (Wildman–Crippen LogP) is 6.59. The first-order chi connectivity index (χ1) is 22.0. The summed E-state index contributed by atoms with van der Waals surface area (Å²) in [5, 5.41) is 11.7. The number of nitrogens with zero attached hydrogens (tertiary/aromatic N) is 5. The number of aromatic nitrogens is 4. The van der Waals surface area contributed by atoms with Crippen LogP contribution >= 0.6 is 15.9 Å². The van der Waals surface area contributed by atoms with Gasteiger partial charge in [0.25, 0.3) is 10.0 Å². The summed E-state index contributed by atoms with van der Waals surface area (Å²) in [6.07, 6.45) is -5.06. The number of alkyl halides is 3. The van der Waals surface area contributed by atoms with Gasteiger partial charge in [0.15, 0.2) is 5.82 Å². The Hall–Kier alpha value is -4.63. The lowest BCUT2D eigenvalue weighted by Crippen LogP contribution is -2.33. The highest BCUT2D eigenvalue weighted by Crippen LogP contribution is 2.44. The maximum atomic E-state index is 14.7. The zero-order valence-electron chi connectivity index (χ0n) is 24.7. The molecule has 46 heavy (non-hydrogen) atoms. The van der Waals surface area contributed by atoms with Gasteiger partial charge in [-0.05, 0) is 98.1 Å². The van der Waals surface area contributed by atoms with Crippen molar-refractivity contribution in [2.24, 2.45) is 0 Å². The second-order valence-corrected chi connectivity index (χ2v) is 12.5. The van der Waals surface area contributed by atoms with E-state index in [4.69, 9.17) is 14.2 Å². The van der Waals surface area contributed by atoms with Gasteiger partial charge in [-0.15, -0.1) is 5.10 Å². The molecule has 0 aliphatic carbocycles. The summed E-state index contributed by atoms with van der Waals surface area (Å²) in [7, 11) is -0.544. The Kier molecular flexibility index (Phi) is 9.53. The first kappa shape index (κ1) is 32.8. The number of anilines is 1. The van der Waals surface area contributed by atoms with Crippen LogP contribution in [-0.2, 0) is 29.3 Å². The number of methoxy groups -OCH3 is 3. The fraction of sp³-hybridized carbons (Fsp3) is 0.194. The number of ether oxygens (including phenoxy) is 3. The van der Waals surface area contributed by atoms with Crippen molar-refractivity contribution in [3.05, 3.63) is 106 Å². The number of tetrazole rings is 1. The molecule has 0 amide bonds. The molecule has 240 valence electrons. The van der Waals surface area contributed by atoms with E-state index in [2.05, 4.69) is 31.5 Å². The maximum absolute atomic E-state index is 14.7.